The van der Waals surface area contributed by atoms with Gasteiger partial charge in [0.15, 0.2) is 5.76 Å². The van der Waals surface area contributed by atoms with Crippen LogP contribution in [-0.4, -0.2) is 16.5 Å². The summed E-state index contributed by atoms with van der Waals surface area (Å²) in [7, 11) is 0. The van der Waals surface area contributed by atoms with E-state index in [1.165, 1.54) is 6.07 Å². The van der Waals surface area contributed by atoms with E-state index in [1.807, 2.05) is 0 Å². The first kappa shape index (κ1) is 14.1. The Balaban J connectivity index is 3.12. The van der Waals surface area contributed by atoms with Crippen molar-refractivity contribution in [3.05, 3.63) is 35.8 Å². The highest BCUT2D eigenvalue weighted by atomic mass is 35.5. The van der Waals surface area contributed by atoms with Crippen molar-refractivity contribution >= 4 is 29.0 Å². The number of hydrogen-bond donors (Lipinski definition) is 0. The fraction of sp³-hybridized carbons (Fsp3) is 0.222. The van der Waals surface area contributed by atoms with Crippen molar-refractivity contribution in [3.8, 4) is 0 Å². The number of carbonyl (C=O) groups excluding carboxylic acids is 1. The van der Waals surface area contributed by atoms with Crippen LogP contribution in [0.4, 0.5) is 17.6 Å². The van der Waals surface area contributed by atoms with Crippen molar-refractivity contribution in [1.29, 1.82) is 0 Å². The van der Waals surface area contributed by atoms with Crippen LogP contribution in [0.3, 0.4) is 0 Å². The van der Waals surface area contributed by atoms with Crippen molar-refractivity contribution < 1.29 is 26.8 Å². The lowest BCUT2D eigenvalue weighted by molar-refractivity contribution is 0.0548. The number of furan rings is 1. The van der Waals surface area contributed by atoms with Crippen molar-refractivity contribution in [1.82, 2.24) is 0 Å². The van der Waals surface area contributed by atoms with Crippen LogP contribution < -0.4 is 0 Å². The van der Waals surface area contributed by atoms with Gasteiger partial charge < -0.3 is 4.42 Å². The van der Waals surface area contributed by atoms with Crippen molar-refractivity contribution in [2.24, 2.45) is 0 Å². The van der Waals surface area contributed by atoms with Crippen LogP contribution in [0.2, 0.25) is 0 Å². The summed E-state index contributed by atoms with van der Waals surface area (Å²) in [6, 6.07) is 2.41. The molecule has 0 N–H and O–H groups in total. The second-order valence-corrected chi connectivity index (χ2v) is 3.84. The summed E-state index contributed by atoms with van der Waals surface area (Å²) in [6.07, 6.45) is 1.04. The molecule has 0 bridgehead atoms. The molecule has 0 unspecified atom stereocenters. The topological polar surface area (TPSA) is 30.2 Å². The van der Waals surface area contributed by atoms with Gasteiger partial charge in [0, 0.05) is 6.08 Å². The van der Waals surface area contributed by atoms with E-state index in [0.717, 1.165) is 12.3 Å². The van der Waals surface area contributed by atoms with Crippen molar-refractivity contribution in [3.63, 3.8) is 0 Å². The molecule has 0 radical (unpaired) electrons. The Kier molecular flexibility index (Phi) is 3.88. The summed E-state index contributed by atoms with van der Waals surface area (Å²) in [4.78, 5) is 11.3. The van der Waals surface area contributed by atoms with Gasteiger partial charge in [-0.05, 0) is 35.3 Å². The smallest absolute Gasteiger partial charge is 0.351 e. The van der Waals surface area contributed by atoms with Gasteiger partial charge in [0.1, 0.15) is 5.57 Å². The minimum absolute atomic E-state index is 0.0428. The predicted octanol–water partition coefficient (Wildman–Crippen LogP) is 4.05. The zero-order valence-electron chi connectivity index (χ0n) is 7.89. The van der Waals surface area contributed by atoms with E-state index < -0.39 is 22.1 Å². The highest BCUT2D eigenvalue weighted by Gasteiger charge is 2.47. The molecule has 8 heteroatoms. The van der Waals surface area contributed by atoms with E-state index in [1.54, 1.807) is 0 Å². The van der Waals surface area contributed by atoms with Crippen LogP contribution in [0.1, 0.15) is 10.6 Å². The van der Waals surface area contributed by atoms with Gasteiger partial charge in [-0.15, -0.1) is 0 Å². The normalized spacial score (nSPS) is 12.4. The highest BCUT2D eigenvalue weighted by molar-refractivity contribution is 6.28. The van der Waals surface area contributed by atoms with Gasteiger partial charge in [-0.3, -0.25) is 4.79 Å². The van der Waals surface area contributed by atoms with E-state index in [4.69, 9.17) is 0 Å². The molecule has 17 heavy (non-hydrogen) atoms. The Morgan fingerprint density at radius 1 is 1.24 bits per heavy atom. The molecule has 2 nitrogen and oxygen atoms in total. The van der Waals surface area contributed by atoms with Crippen LogP contribution >= 0.6 is 23.2 Å². The van der Waals surface area contributed by atoms with Gasteiger partial charge in [0.05, 0.1) is 6.26 Å². The number of ketones is 1. The maximum atomic E-state index is 12.6. The zero-order chi connectivity index (χ0) is 13.3. The standard InChI is InChI=1S/C9H4Cl2F4O2/c10-8(12,13)7(9(11,14)15)4-5(16)6-2-1-3-17-6/h1-4H. The maximum Gasteiger partial charge on any atom is 0.351 e. The molecular formula is C9H4Cl2F4O2. The third kappa shape index (κ3) is 3.74. The minimum Gasteiger partial charge on any atom is -0.461 e. The van der Waals surface area contributed by atoms with Crippen molar-refractivity contribution in [2.45, 2.75) is 10.8 Å². The quantitative estimate of drug-likeness (QED) is 0.362. The van der Waals surface area contributed by atoms with Gasteiger partial charge in [-0.25, -0.2) is 0 Å². The Labute approximate surface area is 103 Å². The van der Waals surface area contributed by atoms with E-state index in [9.17, 15) is 22.4 Å². The second kappa shape index (κ2) is 4.70. The number of allylic oxidation sites excluding steroid dienone is 2. The predicted molar refractivity (Wildman–Crippen MR) is 52.7 cm³/mol. The monoisotopic (exact) mass is 290 g/mol. The Bertz CT molecular complexity index is 413. The largest absolute Gasteiger partial charge is 0.461 e. The zero-order valence-corrected chi connectivity index (χ0v) is 9.41. The molecule has 1 heterocycles. The molecule has 0 saturated carbocycles. The number of alkyl halides is 6. The number of carbonyl (C=O) groups is 1. The molecule has 0 aliphatic carbocycles. The summed E-state index contributed by atoms with van der Waals surface area (Å²) < 4.78 is 55.1. The maximum absolute atomic E-state index is 12.6. The van der Waals surface area contributed by atoms with Crippen LogP contribution in [0, 0.1) is 0 Å². The fourth-order valence-corrected chi connectivity index (χ4v) is 1.34. The lowest BCUT2D eigenvalue weighted by atomic mass is 10.2. The first-order valence-corrected chi connectivity index (χ1v) is 4.82. The molecule has 0 aliphatic rings. The molecule has 94 valence electrons. The molecule has 0 saturated heterocycles. The number of hydrogen-bond acceptors (Lipinski definition) is 2. The van der Waals surface area contributed by atoms with Gasteiger partial charge in [-0.2, -0.15) is 17.6 Å². The fourth-order valence-electron chi connectivity index (χ4n) is 0.945. The minimum atomic E-state index is -4.44. The molecule has 0 fully saturated rings. The Morgan fingerprint density at radius 2 is 1.76 bits per heavy atom. The molecule has 1 aromatic heterocycles. The van der Waals surface area contributed by atoms with Crippen LogP contribution in [0.5, 0.6) is 0 Å². The highest BCUT2D eigenvalue weighted by Crippen LogP contribution is 2.41. The summed E-state index contributed by atoms with van der Waals surface area (Å²) in [5, 5.41) is -8.87. The Morgan fingerprint density at radius 3 is 2.12 bits per heavy atom. The summed E-state index contributed by atoms with van der Waals surface area (Å²) >= 11 is 8.88. The molecular weight excluding hydrogens is 287 g/mol. The average molecular weight is 291 g/mol. The lowest BCUT2D eigenvalue weighted by Gasteiger charge is -2.16. The summed E-state index contributed by atoms with van der Waals surface area (Å²) in [5.74, 6) is -1.57. The molecule has 0 spiro atoms. The van der Waals surface area contributed by atoms with E-state index >= 15 is 0 Å². The van der Waals surface area contributed by atoms with E-state index in [0.29, 0.717) is 0 Å². The molecule has 0 aliphatic heterocycles. The third-order valence-electron chi connectivity index (χ3n) is 1.65. The first-order chi connectivity index (χ1) is 7.62. The Hall–Kier alpha value is -1.01. The SMILES string of the molecule is O=C(C=C(C(F)(F)Cl)C(F)(F)Cl)c1ccco1. The molecule has 0 amide bonds. The van der Waals surface area contributed by atoms with E-state index in [2.05, 4.69) is 27.6 Å². The van der Waals surface area contributed by atoms with Crippen LogP contribution in [-0.2, 0) is 0 Å². The molecule has 1 aromatic rings. The van der Waals surface area contributed by atoms with Crippen LogP contribution in [0.15, 0.2) is 34.5 Å². The molecule has 0 aromatic carbocycles. The molecule has 1 rings (SSSR count). The summed E-state index contributed by atoms with van der Waals surface area (Å²) in [6.45, 7) is 0. The summed E-state index contributed by atoms with van der Waals surface area (Å²) in [5.41, 5.74) is -2.00. The van der Waals surface area contributed by atoms with Crippen molar-refractivity contribution in [2.75, 3.05) is 0 Å². The second-order valence-electron chi connectivity index (χ2n) is 2.90. The van der Waals surface area contributed by atoms with Gasteiger partial charge in [0.25, 0.3) is 0 Å². The van der Waals surface area contributed by atoms with Crippen LogP contribution in [0.25, 0.3) is 0 Å². The van der Waals surface area contributed by atoms with Gasteiger partial charge >= 0.3 is 10.8 Å². The van der Waals surface area contributed by atoms with Gasteiger partial charge in [0.2, 0.25) is 5.78 Å². The average Bonchev–Trinajstić information content (AvgIpc) is 2.62. The van der Waals surface area contributed by atoms with Gasteiger partial charge in [-0.1, -0.05) is 0 Å². The third-order valence-corrected chi connectivity index (χ3v) is 2.06. The number of halogens is 6. The first-order valence-electron chi connectivity index (χ1n) is 4.06. The molecule has 0 atom stereocenters. The lowest BCUT2D eigenvalue weighted by Crippen LogP contribution is -2.25. The van der Waals surface area contributed by atoms with E-state index in [-0.39, 0.29) is 11.8 Å². The number of rotatable bonds is 4.